The summed E-state index contributed by atoms with van der Waals surface area (Å²) in [5.41, 5.74) is 6.50. The summed E-state index contributed by atoms with van der Waals surface area (Å²) in [6, 6.07) is 7.21. The van der Waals surface area contributed by atoms with Gasteiger partial charge < -0.3 is 10.1 Å². The minimum Gasteiger partial charge on any atom is -0.496 e. The summed E-state index contributed by atoms with van der Waals surface area (Å²) < 4.78 is 5.52. The van der Waals surface area contributed by atoms with Crippen LogP contribution in [0.4, 0.5) is 0 Å². The van der Waals surface area contributed by atoms with Gasteiger partial charge in [0.2, 0.25) is 0 Å². The fourth-order valence-electron chi connectivity index (χ4n) is 5.07. The maximum absolute atomic E-state index is 13.3. The van der Waals surface area contributed by atoms with E-state index in [4.69, 9.17) is 4.74 Å². The van der Waals surface area contributed by atoms with Crippen LogP contribution in [0, 0.1) is 0 Å². The summed E-state index contributed by atoms with van der Waals surface area (Å²) in [4.78, 5) is 15.1. The lowest BCUT2D eigenvalue weighted by Crippen LogP contribution is -2.33. The lowest BCUT2D eigenvalue weighted by molar-refractivity contribution is -0.122. The maximum Gasteiger partial charge on any atom is 0.255 e. The van der Waals surface area contributed by atoms with Gasteiger partial charge in [0.15, 0.2) is 0 Å². The number of methoxy groups -OCH3 is 1. The molecule has 0 saturated carbocycles. The Kier molecular flexibility index (Phi) is 5.71. The first-order chi connectivity index (χ1) is 15.6. The molecule has 4 nitrogen and oxygen atoms in total. The number of carbonyl (C=O) groups is 1. The molecule has 164 valence electrons. The topological polar surface area (TPSA) is 41.6 Å². The molecule has 1 N–H and O–H groups in total. The fourth-order valence-corrected chi connectivity index (χ4v) is 5.07. The molecule has 4 aliphatic rings. The number of benzene rings is 1. The normalized spacial score (nSPS) is 25.8. The van der Waals surface area contributed by atoms with E-state index >= 15 is 0 Å². The minimum absolute atomic E-state index is 0.0252. The van der Waals surface area contributed by atoms with Crippen molar-refractivity contribution in [2.24, 2.45) is 0 Å². The number of fused-ring (bicyclic) bond motifs is 3. The van der Waals surface area contributed by atoms with Crippen molar-refractivity contribution in [1.82, 2.24) is 10.2 Å². The molecule has 5 rings (SSSR count). The van der Waals surface area contributed by atoms with E-state index in [9.17, 15) is 4.79 Å². The van der Waals surface area contributed by atoms with Gasteiger partial charge in [-0.3, -0.25) is 9.69 Å². The standard InChI is InChI=1S/C28H30N2O2/c1-3-5-21-14-20(9-13-27(21)32-2)19-6-4-7-26-12-8-22(18-30(26)28(31)17-19)23-15-24-10-11-25(16-23)29-24/h4,6-9,12-15,17-18,24-25,29H,3,5,10-11,16H2,1-2H3/b6-4?,19-17?,26-7+/t24-,25+/m1/s1. The highest BCUT2D eigenvalue weighted by Crippen LogP contribution is 2.34. The first kappa shape index (κ1) is 20.8. The third kappa shape index (κ3) is 4.03. The average molecular weight is 427 g/mol. The Balaban J connectivity index is 1.46. The number of allylic oxidation sites excluding steroid dienone is 7. The zero-order chi connectivity index (χ0) is 22.1. The van der Waals surface area contributed by atoms with E-state index in [1.54, 1.807) is 18.1 Å². The molecular weight excluding hydrogens is 396 g/mol. The Labute approximate surface area is 190 Å². The summed E-state index contributed by atoms with van der Waals surface area (Å²) >= 11 is 0. The molecule has 1 saturated heterocycles. The Morgan fingerprint density at radius 1 is 1.16 bits per heavy atom. The van der Waals surface area contributed by atoms with Gasteiger partial charge in [0.05, 0.1) is 7.11 Å². The second-order valence-corrected chi connectivity index (χ2v) is 8.90. The Morgan fingerprint density at radius 2 is 2.06 bits per heavy atom. The smallest absolute Gasteiger partial charge is 0.255 e. The molecule has 2 atom stereocenters. The van der Waals surface area contributed by atoms with Gasteiger partial charge in [0.25, 0.3) is 5.91 Å². The number of rotatable bonds is 5. The molecule has 0 spiro atoms. The van der Waals surface area contributed by atoms with Crippen LogP contribution < -0.4 is 10.1 Å². The van der Waals surface area contributed by atoms with E-state index in [0.717, 1.165) is 47.4 Å². The lowest BCUT2D eigenvalue weighted by atomic mass is 9.94. The summed E-state index contributed by atoms with van der Waals surface area (Å²) in [6.45, 7) is 2.16. The Hall–Kier alpha value is -3.11. The number of nitrogens with one attached hydrogen (secondary N) is 1. The number of aryl methyl sites for hydroxylation is 1. The molecule has 4 heterocycles. The zero-order valence-electron chi connectivity index (χ0n) is 18.8. The van der Waals surface area contributed by atoms with Crippen molar-refractivity contribution in [3.05, 3.63) is 94.9 Å². The van der Waals surface area contributed by atoms with E-state index < -0.39 is 0 Å². The highest BCUT2D eigenvalue weighted by atomic mass is 16.5. The molecule has 4 heteroatoms. The number of nitrogens with zero attached hydrogens (tertiary/aromatic N) is 1. The second-order valence-electron chi connectivity index (χ2n) is 8.90. The monoisotopic (exact) mass is 426 g/mol. The van der Waals surface area contributed by atoms with Crippen LogP contribution in [0.15, 0.2) is 83.8 Å². The number of hydrogen-bond donors (Lipinski definition) is 1. The van der Waals surface area contributed by atoms with Crippen LogP contribution in [0.2, 0.25) is 0 Å². The van der Waals surface area contributed by atoms with E-state index in [-0.39, 0.29) is 5.91 Å². The van der Waals surface area contributed by atoms with Gasteiger partial charge in [0.1, 0.15) is 5.75 Å². The third-order valence-electron chi connectivity index (χ3n) is 6.69. The van der Waals surface area contributed by atoms with E-state index in [1.807, 2.05) is 42.6 Å². The molecule has 0 aromatic heterocycles. The summed E-state index contributed by atoms with van der Waals surface area (Å²) in [5, 5.41) is 3.64. The van der Waals surface area contributed by atoms with E-state index in [1.165, 1.54) is 24.0 Å². The molecule has 2 bridgehead atoms. The zero-order valence-corrected chi connectivity index (χ0v) is 18.8. The van der Waals surface area contributed by atoms with Crippen LogP contribution in [0.25, 0.3) is 5.57 Å². The highest BCUT2D eigenvalue weighted by Gasteiger charge is 2.29. The quantitative estimate of drug-likeness (QED) is 0.702. The first-order valence-corrected chi connectivity index (χ1v) is 11.6. The summed E-state index contributed by atoms with van der Waals surface area (Å²) in [6.07, 6.45) is 21.8. The van der Waals surface area contributed by atoms with Gasteiger partial charge in [0, 0.05) is 30.1 Å². The molecule has 4 aliphatic heterocycles. The van der Waals surface area contributed by atoms with Crippen molar-refractivity contribution < 1.29 is 9.53 Å². The van der Waals surface area contributed by atoms with Crippen LogP contribution in [0.1, 0.15) is 43.7 Å². The molecule has 0 radical (unpaired) electrons. The maximum atomic E-state index is 13.3. The average Bonchev–Trinajstić information content (AvgIpc) is 3.14. The third-order valence-corrected chi connectivity index (χ3v) is 6.69. The van der Waals surface area contributed by atoms with E-state index in [2.05, 4.69) is 30.5 Å². The second kappa shape index (κ2) is 8.79. The molecule has 1 aromatic rings. The van der Waals surface area contributed by atoms with Gasteiger partial charge in [-0.15, -0.1) is 0 Å². The van der Waals surface area contributed by atoms with Crippen LogP contribution in [0.5, 0.6) is 5.75 Å². The van der Waals surface area contributed by atoms with Gasteiger partial charge in [-0.2, -0.15) is 0 Å². The number of carbonyl (C=O) groups excluding carboxylic acids is 1. The first-order valence-electron chi connectivity index (χ1n) is 11.6. The van der Waals surface area contributed by atoms with Crippen molar-refractivity contribution >= 4 is 11.5 Å². The lowest BCUT2D eigenvalue weighted by Gasteiger charge is -2.28. The van der Waals surface area contributed by atoms with Crippen LogP contribution in [-0.2, 0) is 11.2 Å². The fraction of sp³-hybridized carbons (Fsp3) is 0.321. The van der Waals surface area contributed by atoms with Crippen LogP contribution in [-0.4, -0.2) is 30.0 Å². The number of hydrogen-bond acceptors (Lipinski definition) is 3. The predicted octanol–water partition coefficient (Wildman–Crippen LogP) is 5.22. The molecule has 1 fully saturated rings. The number of amides is 1. The Morgan fingerprint density at radius 3 is 2.88 bits per heavy atom. The van der Waals surface area contributed by atoms with Crippen molar-refractivity contribution in [2.45, 2.75) is 51.1 Å². The van der Waals surface area contributed by atoms with Crippen molar-refractivity contribution in [2.75, 3.05) is 7.11 Å². The molecule has 0 unspecified atom stereocenters. The largest absolute Gasteiger partial charge is 0.496 e. The number of ether oxygens (including phenoxy) is 1. The Bertz CT molecular complexity index is 1120. The van der Waals surface area contributed by atoms with Crippen molar-refractivity contribution in [3.63, 3.8) is 0 Å². The molecule has 1 aromatic carbocycles. The van der Waals surface area contributed by atoms with Crippen LogP contribution in [0.3, 0.4) is 0 Å². The van der Waals surface area contributed by atoms with Crippen LogP contribution >= 0.6 is 0 Å². The molecule has 0 aliphatic carbocycles. The highest BCUT2D eigenvalue weighted by molar-refractivity contribution is 6.00. The van der Waals surface area contributed by atoms with Crippen molar-refractivity contribution in [1.29, 1.82) is 0 Å². The SMILES string of the molecule is CCCc1cc(C2=CC(=O)N3C=C(C4=C[C@H]5CC[C@@H](C4)N5)C=C/C3=C\C=C2)ccc1OC. The van der Waals surface area contributed by atoms with Gasteiger partial charge >= 0.3 is 0 Å². The summed E-state index contributed by atoms with van der Waals surface area (Å²) in [5.74, 6) is 0.875. The molecule has 1 amide bonds. The van der Waals surface area contributed by atoms with E-state index in [0.29, 0.717) is 12.1 Å². The minimum atomic E-state index is -0.0252. The summed E-state index contributed by atoms with van der Waals surface area (Å²) in [7, 11) is 1.70. The predicted molar refractivity (Wildman–Crippen MR) is 129 cm³/mol. The van der Waals surface area contributed by atoms with Gasteiger partial charge in [-0.1, -0.05) is 43.7 Å². The molecular formula is C28H30N2O2. The molecule has 32 heavy (non-hydrogen) atoms. The van der Waals surface area contributed by atoms with Crippen molar-refractivity contribution in [3.8, 4) is 5.75 Å². The van der Waals surface area contributed by atoms with Gasteiger partial charge in [-0.25, -0.2) is 0 Å². The van der Waals surface area contributed by atoms with Gasteiger partial charge in [-0.05, 0) is 77.8 Å².